The van der Waals surface area contributed by atoms with Gasteiger partial charge in [-0.3, -0.25) is 0 Å². The minimum absolute atomic E-state index is 0.0772. The Kier molecular flexibility index (Phi) is 5.47. The summed E-state index contributed by atoms with van der Waals surface area (Å²) >= 11 is 0. The van der Waals surface area contributed by atoms with Crippen LogP contribution in [-0.4, -0.2) is 42.2 Å². The Morgan fingerprint density at radius 2 is 2.05 bits per heavy atom. The highest BCUT2D eigenvalue weighted by Gasteiger charge is 2.10. The van der Waals surface area contributed by atoms with Crippen molar-refractivity contribution < 1.29 is 4.74 Å². The highest BCUT2D eigenvalue weighted by Crippen LogP contribution is 2.21. The van der Waals surface area contributed by atoms with Crippen LogP contribution < -0.4 is 15.8 Å². The van der Waals surface area contributed by atoms with Crippen molar-refractivity contribution in [2.24, 2.45) is 0 Å². The van der Waals surface area contributed by atoms with Gasteiger partial charge in [0.15, 0.2) is 0 Å². The molecule has 112 valence electrons. The number of nitrogens with zero attached hydrogens (tertiary/aromatic N) is 2. The van der Waals surface area contributed by atoms with E-state index in [2.05, 4.69) is 15.2 Å². The van der Waals surface area contributed by atoms with Crippen LogP contribution in [0.5, 0.6) is 5.88 Å². The largest absolute Gasteiger partial charge is 0.473 e. The van der Waals surface area contributed by atoms with E-state index in [9.17, 15) is 0 Å². The van der Waals surface area contributed by atoms with Crippen molar-refractivity contribution in [2.45, 2.75) is 39.2 Å². The van der Waals surface area contributed by atoms with Crippen LogP contribution in [0.3, 0.4) is 0 Å². The predicted molar refractivity (Wildman–Crippen MR) is 83.2 cm³/mol. The number of ether oxygens (including phenoxy) is 1. The molecular weight excluding hydrogens is 252 g/mol. The van der Waals surface area contributed by atoms with E-state index in [1.54, 1.807) is 0 Å². The number of nitrogens with one attached hydrogen (secondary N) is 1. The van der Waals surface area contributed by atoms with Crippen LogP contribution in [0.2, 0.25) is 0 Å². The molecule has 0 amide bonds. The molecule has 1 saturated heterocycles. The zero-order valence-electron chi connectivity index (χ0n) is 12.6. The van der Waals surface area contributed by atoms with E-state index < -0.39 is 0 Å². The van der Waals surface area contributed by atoms with E-state index in [-0.39, 0.29) is 6.10 Å². The summed E-state index contributed by atoms with van der Waals surface area (Å²) in [7, 11) is 0. The van der Waals surface area contributed by atoms with Crippen molar-refractivity contribution in [3.8, 4) is 5.88 Å². The van der Waals surface area contributed by atoms with Crippen LogP contribution in [0.25, 0.3) is 0 Å². The fourth-order valence-corrected chi connectivity index (χ4v) is 2.39. The van der Waals surface area contributed by atoms with E-state index in [0.717, 1.165) is 18.9 Å². The topological polar surface area (TPSA) is 63.4 Å². The fraction of sp³-hybridized carbons (Fsp3) is 0.667. The van der Waals surface area contributed by atoms with Crippen LogP contribution in [0, 0.1) is 0 Å². The van der Waals surface area contributed by atoms with E-state index in [1.165, 1.54) is 32.4 Å². The van der Waals surface area contributed by atoms with Gasteiger partial charge in [-0.1, -0.05) is 6.42 Å². The normalized spacial score (nSPS) is 16.4. The van der Waals surface area contributed by atoms with Gasteiger partial charge in [0.05, 0.1) is 11.8 Å². The van der Waals surface area contributed by atoms with Gasteiger partial charge >= 0.3 is 0 Å². The van der Waals surface area contributed by atoms with E-state index in [1.807, 2.05) is 26.0 Å². The van der Waals surface area contributed by atoms with Crippen LogP contribution in [0.4, 0.5) is 11.5 Å². The monoisotopic (exact) mass is 278 g/mol. The highest BCUT2D eigenvalue weighted by atomic mass is 16.5. The van der Waals surface area contributed by atoms with Crippen molar-refractivity contribution >= 4 is 11.5 Å². The summed E-state index contributed by atoms with van der Waals surface area (Å²) in [6, 6.07) is 3.74. The number of pyridine rings is 1. The minimum atomic E-state index is 0.0772. The molecular formula is C15H26N4O. The van der Waals surface area contributed by atoms with Gasteiger partial charge in [-0.25, -0.2) is 0 Å². The maximum atomic E-state index is 5.86. The Hall–Kier alpha value is -1.49. The maximum Gasteiger partial charge on any atom is 0.239 e. The lowest BCUT2D eigenvalue weighted by Crippen LogP contribution is -2.33. The van der Waals surface area contributed by atoms with Crippen molar-refractivity contribution in [3.63, 3.8) is 0 Å². The summed E-state index contributed by atoms with van der Waals surface area (Å²) in [4.78, 5) is 6.92. The summed E-state index contributed by atoms with van der Waals surface area (Å²) in [5, 5.41) is 3.34. The van der Waals surface area contributed by atoms with Gasteiger partial charge in [-0.2, -0.15) is 4.98 Å². The molecule has 0 saturated carbocycles. The molecule has 1 aromatic rings. The smallest absolute Gasteiger partial charge is 0.239 e. The number of anilines is 2. The van der Waals surface area contributed by atoms with Crippen molar-refractivity contribution in [3.05, 3.63) is 12.1 Å². The molecule has 1 aliphatic heterocycles. The van der Waals surface area contributed by atoms with Crippen LogP contribution in [-0.2, 0) is 0 Å². The lowest BCUT2D eigenvalue weighted by atomic mass is 10.1. The molecule has 3 N–H and O–H groups in total. The molecule has 0 spiro atoms. The Morgan fingerprint density at radius 3 is 2.75 bits per heavy atom. The molecule has 5 nitrogen and oxygen atoms in total. The van der Waals surface area contributed by atoms with Gasteiger partial charge in [0.2, 0.25) is 5.88 Å². The molecule has 2 rings (SSSR count). The Balaban J connectivity index is 1.82. The number of rotatable bonds is 6. The fourth-order valence-electron chi connectivity index (χ4n) is 2.39. The lowest BCUT2D eigenvalue weighted by Gasteiger charge is -2.26. The molecule has 5 heteroatoms. The SMILES string of the molecule is CC(C)Oc1nc(NCCN2CCCCC2)ccc1N. The van der Waals surface area contributed by atoms with E-state index in [0.29, 0.717) is 11.6 Å². The highest BCUT2D eigenvalue weighted by molar-refractivity contribution is 5.53. The zero-order chi connectivity index (χ0) is 14.4. The summed E-state index contributed by atoms with van der Waals surface area (Å²) in [6.45, 7) is 8.34. The first-order valence-corrected chi connectivity index (χ1v) is 7.54. The number of nitrogens with two attached hydrogens (primary N) is 1. The lowest BCUT2D eigenvalue weighted by molar-refractivity contribution is 0.233. The maximum absolute atomic E-state index is 5.86. The summed E-state index contributed by atoms with van der Waals surface area (Å²) < 4.78 is 5.60. The first-order chi connectivity index (χ1) is 9.65. The molecule has 1 fully saturated rings. The number of piperidine rings is 1. The molecule has 1 aromatic heterocycles. The molecule has 20 heavy (non-hydrogen) atoms. The standard InChI is InChI=1S/C15H26N4O/c1-12(2)20-15-13(16)6-7-14(18-15)17-8-11-19-9-4-3-5-10-19/h6-7,12H,3-5,8-11,16H2,1-2H3,(H,17,18). The van der Waals surface area contributed by atoms with Gasteiger partial charge in [0.25, 0.3) is 0 Å². The van der Waals surface area contributed by atoms with Gasteiger partial charge in [-0.15, -0.1) is 0 Å². The van der Waals surface area contributed by atoms with Gasteiger partial charge < -0.3 is 20.7 Å². The zero-order valence-corrected chi connectivity index (χ0v) is 12.6. The first-order valence-electron chi connectivity index (χ1n) is 7.54. The molecule has 0 bridgehead atoms. The minimum Gasteiger partial charge on any atom is -0.473 e. The van der Waals surface area contributed by atoms with Crippen molar-refractivity contribution in [1.82, 2.24) is 9.88 Å². The second-order valence-corrected chi connectivity index (χ2v) is 5.59. The Labute approximate surface area is 121 Å². The summed E-state index contributed by atoms with van der Waals surface area (Å²) in [6.07, 6.45) is 4.10. The molecule has 0 aliphatic carbocycles. The number of likely N-dealkylation sites (tertiary alicyclic amines) is 1. The quantitative estimate of drug-likeness (QED) is 0.836. The molecule has 1 aliphatic rings. The number of nitrogen functional groups attached to an aromatic ring is 1. The first kappa shape index (κ1) is 14.9. The van der Waals surface area contributed by atoms with E-state index in [4.69, 9.17) is 10.5 Å². The third-order valence-electron chi connectivity index (χ3n) is 3.42. The number of hydrogen-bond acceptors (Lipinski definition) is 5. The van der Waals surface area contributed by atoms with Crippen molar-refractivity contribution in [2.75, 3.05) is 37.2 Å². The molecule has 0 radical (unpaired) electrons. The van der Waals surface area contributed by atoms with Gasteiger partial charge in [0.1, 0.15) is 5.82 Å². The second-order valence-electron chi connectivity index (χ2n) is 5.59. The van der Waals surface area contributed by atoms with Gasteiger partial charge in [-0.05, 0) is 51.9 Å². The summed E-state index contributed by atoms with van der Waals surface area (Å²) in [5.41, 5.74) is 6.44. The molecule has 0 unspecified atom stereocenters. The Morgan fingerprint density at radius 1 is 1.30 bits per heavy atom. The summed E-state index contributed by atoms with van der Waals surface area (Å²) in [5.74, 6) is 1.34. The molecule has 0 atom stereocenters. The third-order valence-corrected chi connectivity index (χ3v) is 3.42. The third kappa shape index (κ3) is 4.56. The number of hydrogen-bond donors (Lipinski definition) is 2. The van der Waals surface area contributed by atoms with Crippen molar-refractivity contribution in [1.29, 1.82) is 0 Å². The van der Waals surface area contributed by atoms with Crippen LogP contribution >= 0.6 is 0 Å². The second kappa shape index (κ2) is 7.33. The van der Waals surface area contributed by atoms with Crippen LogP contribution in [0.1, 0.15) is 33.1 Å². The Bertz CT molecular complexity index is 416. The number of aromatic nitrogens is 1. The molecule has 2 heterocycles. The predicted octanol–water partition coefficient (Wildman–Crippen LogP) is 2.35. The van der Waals surface area contributed by atoms with Gasteiger partial charge in [0, 0.05) is 13.1 Å². The molecule has 0 aromatic carbocycles. The average Bonchev–Trinajstić information content (AvgIpc) is 2.43. The van der Waals surface area contributed by atoms with E-state index >= 15 is 0 Å². The average molecular weight is 278 g/mol. The van der Waals surface area contributed by atoms with Crippen LogP contribution in [0.15, 0.2) is 12.1 Å².